The molecular weight excluding hydrogens is 282 g/mol. The number of carbonyl (C=O) groups excluding carboxylic acids is 2. The minimum atomic E-state index is -0.627. The number of ketones is 1. The molecule has 0 saturated heterocycles. The first-order chi connectivity index (χ1) is 9.26. The quantitative estimate of drug-likeness (QED) is 0.908. The zero-order valence-electron chi connectivity index (χ0n) is 11.7. The Morgan fingerprint density at radius 2 is 1.80 bits per heavy atom. The summed E-state index contributed by atoms with van der Waals surface area (Å²) in [7, 11) is 0. The first kappa shape index (κ1) is 16.3. The SMILES string of the molecule is CC(C)(C)OC(=O)NCC(=O)COc1ccc(Cl)cc1. The van der Waals surface area contributed by atoms with Crippen molar-refractivity contribution in [3.63, 3.8) is 0 Å². The third-order valence-corrected chi connectivity index (χ3v) is 2.29. The van der Waals surface area contributed by atoms with Crippen LogP contribution < -0.4 is 10.1 Å². The van der Waals surface area contributed by atoms with Gasteiger partial charge >= 0.3 is 6.09 Å². The maximum Gasteiger partial charge on any atom is 0.408 e. The second-order valence-corrected chi connectivity index (χ2v) is 5.57. The van der Waals surface area contributed by atoms with Crippen LogP contribution in [-0.2, 0) is 9.53 Å². The number of hydrogen-bond acceptors (Lipinski definition) is 4. The van der Waals surface area contributed by atoms with E-state index in [0.29, 0.717) is 10.8 Å². The minimum Gasteiger partial charge on any atom is -0.486 e. The van der Waals surface area contributed by atoms with Crippen molar-refractivity contribution < 1.29 is 19.1 Å². The van der Waals surface area contributed by atoms with Crippen molar-refractivity contribution in [1.29, 1.82) is 0 Å². The Labute approximate surface area is 123 Å². The highest BCUT2D eigenvalue weighted by Gasteiger charge is 2.16. The van der Waals surface area contributed by atoms with Gasteiger partial charge in [-0.1, -0.05) is 11.6 Å². The van der Waals surface area contributed by atoms with E-state index in [1.807, 2.05) is 0 Å². The fourth-order valence-electron chi connectivity index (χ4n) is 1.23. The molecule has 1 aromatic rings. The summed E-state index contributed by atoms with van der Waals surface area (Å²) in [6.45, 7) is 4.98. The zero-order valence-corrected chi connectivity index (χ0v) is 12.5. The van der Waals surface area contributed by atoms with Gasteiger partial charge in [0.2, 0.25) is 0 Å². The van der Waals surface area contributed by atoms with E-state index < -0.39 is 11.7 Å². The lowest BCUT2D eigenvalue weighted by Crippen LogP contribution is -2.36. The monoisotopic (exact) mass is 299 g/mol. The van der Waals surface area contributed by atoms with Crippen molar-refractivity contribution in [2.24, 2.45) is 0 Å². The van der Waals surface area contributed by atoms with Crippen LogP contribution in [0.25, 0.3) is 0 Å². The van der Waals surface area contributed by atoms with Crippen LogP contribution in [0.2, 0.25) is 5.02 Å². The van der Waals surface area contributed by atoms with Crippen LogP contribution in [0, 0.1) is 0 Å². The highest BCUT2D eigenvalue weighted by molar-refractivity contribution is 6.30. The first-order valence-electron chi connectivity index (χ1n) is 6.13. The van der Waals surface area contributed by atoms with Crippen molar-refractivity contribution in [3.8, 4) is 5.75 Å². The largest absolute Gasteiger partial charge is 0.486 e. The summed E-state index contributed by atoms with van der Waals surface area (Å²) in [5.41, 5.74) is -0.590. The van der Waals surface area contributed by atoms with Crippen molar-refractivity contribution in [1.82, 2.24) is 5.32 Å². The predicted octanol–water partition coefficient (Wildman–Crippen LogP) is 2.81. The molecule has 6 heteroatoms. The number of amides is 1. The number of hydrogen-bond donors (Lipinski definition) is 1. The molecule has 5 nitrogen and oxygen atoms in total. The van der Waals surface area contributed by atoms with Gasteiger partial charge in [-0.3, -0.25) is 4.79 Å². The standard InChI is InChI=1S/C14H18ClNO4/c1-14(2,3)20-13(18)16-8-11(17)9-19-12-6-4-10(15)5-7-12/h4-7H,8-9H2,1-3H3,(H,16,18). The van der Waals surface area contributed by atoms with Gasteiger partial charge in [0.15, 0.2) is 5.78 Å². The van der Waals surface area contributed by atoms with Crippen molar-refractivity contribution in [2.75, 3.05) is 13.2 Å². The number of benzene rings is 1. The fourth-order valence-corrected chi connectivity index (χ4v) is 1.36. The van der Waals surface area contributed by atoms with Crippen molar-refractivity contribution in [3.05, 3.63) is 29.3 Å². The molecule has 0 aliphatic heterocycles. The smallest absolute Gasteiger partial charge is 0.408 e. The molecule has 0 fully saturated rings. The molecular formula is C14H18ClNO4. The predicted molar refractivity (Wildman–Crippen MR) is 76.2 cm³/mol. The third-order valence-electron chi connectivity index (χ3n) is 2.04. The van der Waals surface area contributed by atoms with Gasteiger partial charge in [-0.25, -0.2) is 4.79 Å². The second kappa shape index (κ2) is 7.14. The first-order valence-corrected chi connectivity index (χ1v) is 6.51. The lowest BCUT2D eigenvalue weighted by atomic mass is 10.2. The molecule has 0 aliphatic rings. The Morgan fingerprint density at radius 1 is 1.20 bits per heavy atom. The number of Topliss-reactive ketones (excluding diaryl/α,β-unsaturated/α-hetero) is 1. The number of nitrogens with one attached hydrogen (secondary N) is 1. The van der Waals surface area contributed by atoms with Gasteiger partial charge in [-0.2, -0.15) is 0 Å². The van der Waals surface area contributed by atoms with E-state index in [4.69, 9.17) is 21.1 Å². The summed E-state index contributed by atoms with van der Waals surface area (Å²) in [5.74, 6) is 0.283. The summed E-state index contributed by atoms with van der Waals surface area (Å²) < 4.78 is 10.3. The number of alkyl carbamates (subject to hydrolysis) is 1. The van der Waals surface area contributed by atoms with Crippen molar-refractivity contribution in [2.45, 2.75) is 26.4 Å². The summed E-state index contributed by atoms with van der Waals surface area (Å²) in [5, 5.41) is 2.97. The van der Waals surface area contributed by atoms with E-state index in [2.05, 4.69) is 5.32 Å². The molecule has 1 amide bonds. The van der Waals surface area contributed by atoms with Gasteiger partial charge in [-0.15, -0.1) is 0 Å². The van der Waals surface area contributed by atoms with Gasteiger partial charge < -0.3 is 14.8 Å². The molecule has 0 radical (unpaired) electrons. The summed E-state index contributed by atoms with van der Waals surface area (Å²) in [6, 6.07) is 6.66. The van der Waals surface area contributed by atoms with Gasteiger partial charge in [0, 0.05) is 5.02 Å². The van der Waals surface area contributed by atoms with E-state index in [-0.39, 0.29) is 18.9 Å². The van der Waals surface area contributed by atoms with Gasteiger partial charge in [-0.05, 0) is 45.0 Å². The molecule has 0 unspecified atom stereocenters. The highest BCUT2D eigenvalue weighted by Crippen LogP contribution is 2.15. The molecule has 0 aromatic heterocycles. The van der Waals surface area contributed by atoms with E-state index >= 15 is 0 Å². The Bertz CT molecular complexity index is 465. The fraction of sp³-hybridized carbons (Fsp3) is 0.429. The molecule has 0 atom stereocenters. The minimum absolute atomic E-state index is 0.128. The van der Waals surface area contributed by atoms with Crippen LogP contribution in [0.4, 0.5) is 4.79 Å². The number of ether oxygens (including phenoxy) is 2. The molecule has 0 spiro atoms. The van der Waals surface area contributed by atoms with Crippen LogP contribution in [0.15, 0.2) is 24.3 Å². The summed E-state index contributed by atoms with van der Waals surface area (Å²) in [6.07, 6.45) is -0.627. The Morgan fingerprint density at radius 3 is 2.35 bits per heavy atom. The van der Waals surface area contributed by atoms with Gasteiger partial charge in [0.1, 0.15) is 18.0 Å². The van der Waals surface area contributed by atoms with Gasteiger partial charge in [0.25, 0.3) is 0 Å². The number of rotatable bonds is 5. The average molecular weight is 300 g/mol. The topological polar surface area (TPSA) is 64.6 Å². The van der Waals surface area contributed by atoms with E-state index in [0.717, 1.165) is 0 Å². The maximum atomic E-state index is 11.5. The lowest BCUT2D eigenvalue weighted by Gasteiger charge is -2.19. The zero-order chi connectivity index (χ0) is 15.2. The van der Waals surface area contributed by atoms with Crippen LogP contribution in [0.3, 0.4) is 0 Å². The molecule has 0 saturated carbocycles. The third kappa shape index (κ3) is 6.99. The van der Waals surface area contributed by atoms with E-state index in [1.165, 1.54) is 0 Å². The van der Waals surface area contributed by atoms with Crippen molar-refractivity contribution >= 4 is 23.5 Å². The number of carbonyl (C=O) groups is 2. The highest BCUT2D eigenvalue weighted by atomic mass is 35.5. The Hall–Kier alpha value is -1.75. The molecule has 1 aromatic carbocycles. The molecule has 1 N–H and O–H groups in total. The average Bonchev–Trinajstić information content (AvgIpc) is 2.33. The Balaban J connectivity index is 2.27. The second-order valence-electron chi connectivity index (χ2n) is 5.14. The van der Waals surface area contributed by atoms with Crippen LogP contribution in [-0.4, -0.2) is 30.6 Å². The molecule has 20 heavy (non-hydrogen) atoms. The normalized spacial score (nSPS) is 10.8. The van der Waals surface area contributed by atoms with E-state index in [1.54, 1.807) is 45.0 Å². The maximum absolute atomic E-state index is 11.5. The Kier molecular flexibility index (Phi) is 5.82. The molecule has 0 heterocycles. The van der Waals surface area contributed by atoms with Crippen LogP contribution in [0.1, 0.15) is 20.8 Å². The van der Waals surface area contributed by atoms with Gasteiger partial charge in [0.05, 0.1) is 6.54 Å². The van der Waals surface area contributed by atoms with E-state index in [9.17, 15) is 9.59 Å². The number of halogens is 1. The van der Waals surface area contributed by atoms with Crippen LogP contribution >= 0.6 is 11.6 Å². The molecule has 0 aliphatic carbocycles. The van der Waals surface area contributed by atoms with Crippen LogP contribution in [0.5, 0.6) is 5.75 Å². The molecule has 0 bridgehead atoms. The lowest BCUT2D eigenvalue weighted by molar-refractivity contribution is -0.120. The molecule has 1 rings (SSSR count). The summed E-state index contributed by atoms with van der Waals surface area (Å²) >= 11 is 5.73. The molecule has 110 valence electrons. The summed E-state index contributed by atoms with van der Waals surface area (Å²) in [4.78, 5) is 22.9.